The normalized spacial score (nSPS) is 19.6. The molecule has 3 aromatic rings. The summed E-state index contributed by atoms with van der Waals surface area (Å²) in [5, 5.41) is 11.7. The first-order valence-corrected chi connectivity index (χ1v) is 9.75. The molecule has 1 N–H and O–H groups in total. The van der Waals surface area contributed by atoms with E-state index in [0.717, 1.165) is 5.56 Å². The Morgan fingerprint density at radius 2 is 1.32 bits per heavy atom. The van der Waals surface area contributed by atoms with Crippen LogP contribution in [-0.2, 0) is 15.3 Å². The number of benzene rings is 3. The van der Waals surface area contributed by atoms with Crippen LogP contribution < -0.4 is 18.9 Å². The largest absolute Gasteiger partial charge is 0.474 e. The van der Waals surface area contributed by atoms with Gasteiger partial charge in [-0.3, -0.25) is 0 Å². The number of rotatable bonds is 8. The van der Waals surface area contributed by atoms with Crippen molar-refractivity contribution in [1.29, 1.82) is 0 Å². The van der Waals surface area contributed by atoms with Crippen LogP contribution in [0.4, 0.5) is 0 Å². The van der Waals surface area contributed by atoms with Gasteiger partial charge in [0.2, 0.25) is 0 Å². The molecule has 31 heavy (non-hydrogen) atoms. The van der Waals surface area contributed by atoms with Gasteiger partial charge in [-0.25, -0.2) is 0 Å². The number of methoxy groups -OCH3 is 2. The van der Waals surface area contributed by atoms with E-state index >= 15 is 0 Å². The zero-order chi connectivity index (χ0) is 21.7. The monoisotopic (exact) mass is 424 g/mol. The molecule has 0 aliphatic carbocycles. The lowest BCUT2D eigenvalue weighted by Crippen LogP contribution is -2.44. The molecule has 0 saturated heterocycles. The van der Waals surface area contributed by atoms with E-state index in [-0.39, 0.29) is 13.6 Å². The Bertz CT molecular complexity index is 988. The number of hydrogen-bond acceptors (Lipinski definition) is 7. The summed E-state index contributed by atoms with van der Waals surface area (Å²) in [5.41, 5.74) is 1.25. The average molecular weight is 424 g/mol. The van der Waals surface area contributed by atoms with Crippen molar-refractivity contribution < 1.29 is 33.5 Å². The molecule has 0 aromatic heterocycles. The van der Waals surface area contributed by atoms with Crippen molar-refractivity contribution >= 4 is 0 Å². The summed E-state index contributed by atoms with van der Waals surface area (Å²) in [5.74, 6) is 0.509. The molecule has 3 aromatic carbocycles. The number of para-hydroxylation sites is 2. The third-order valence-corrected chi connectivity index (χ3v) is 4.85. The van der Waals surface area contributed by atoms with Crippen LogP contribution in [0.3, 0.4) is 0 Å². The second-order valence-electron chi connectivity index (χ2n) is 6.94. The van der Waals surface area contributed by atoms with Crippen LogP contribution in [0.5, 0.6) is 23.0 Å². The predicted molar refractivity (Wildman–Crippen MR) is 112 cm³/mol. The summed E-state index contributed by atoms with van der Waals surface area (Å²) in [6.07, 6.45) is -0.815. The maximum Gasteiger partial charge on any atom is 0.276 e. The highest BCUT2D eigenvalue weighted by atomic mass is 16.7. The molecular weight excluding hydrogens is 400 g/mol. The number of fused-ring (bicyclic) bond motifs is 1. The van der Waals surface area contributed by atoms with Crippen LogP contribution in [0.2, 0.25) is 0 Å². The Labute approximate surface area is 180 Å². The molecule has 2 atom stereocenters. The van der Waals surface area contributed by atoms with Gasteiger partial charge >= 0.3 is 0 Å². The van der Waals surface area contributed by atoms with Crippen molar-refractivity contribution in [3.63, 3.8) is 0 Å². The van der Waals surface area contributed by atoms with Crippen LogP contribution in [-0.4, -0.2) is 32.9 Å². The van der Waals surface area contributed by atoms with E-state index in [1.807, 2.05) is 24.3 Å². The van der Waals surface area contributed by atoms with Crippen molar-refractivity contribution in [2.24, 2.45) is 0 Å². The fourth-order valence-electron chi connectivity index (χ4n) is 3.35. The molecule has 0 amide bonds. The van der Waals surface area contributed by atoms with Gasteiger partial charge in [0.05, 0.1) is 0 Å². The number of ether oxygens (including phenoxy) is 6. The molecule has 1 aliphatic rings. The van der Waals surface area contributed by atoms with Crippen LogP contribution in [0.15, 0.2) is 72.8 Å². The van der Waals surface area contributed by atoms with E-state index in [4.69, 9.17) is 28.4 Å². The zero-order valence-corrected chi connectivity index (χ0v) is 17.3. The standard InChI is InChI=1S/C24H24O7/c1-26-15-28-19-11-7-17(8-12-19)23-24(25,31-22-6-4-3-5-21(22)30-23)18-9-13-20(14-10-18)29-16-27-2/h3-14,23,25H,15-16H2,1-2H3. The zero-order valence-electron chi connectivity index (χ0n) is 17.3. The van der Waals surface area contributed by atoms with Crippen LogP contribution in [0.1, 0.15) is 17.2 Å². The van der Waals surface area contributed by atoms with Crippen molar-refractivity contribution in [2.75, 3.05) is 27.8 Å². The fourth-order valence-corrected chi connectivity index (χ4v) is 3.35. The molecule has 0 radical (unpaired) electrons. The summed E-state index contributed by atoms with van der Waals surface area (Å²) < 4.78 is 33.1. The lowest BCUT2D eigenvalue weighted by molar-refractivity contribution is -0.225. The SMILES string of the molecule is COCOc1ccc(C2Oc3ccccc3OC2(O)c2ccc(OCOC)cc2)cc1. The molecule has 0 fully saturated rings. The van der Waals surface area contributed by atoms with E-state index < -0.39 is 11.9 Å². The minimum Gasteiger partial charge on any atom is -0.474 e. The topological polar surface area (TPSA) is 75.6 Å². The molecule has 162 valence electrons. The molecule has 1 aliphatic heterocycles. The minimum absolute atomic E-state index is 0.136. The van der Waals surface area contributed by atoms with Crippen molar-refractivity contribution in [1.82, 2.24) is 0 Å². The van der Waals surface area contributed by atoms with Gasteiger partial charge in [-0.1, -0.05) is 24.3 Å². The maximum atomic E-state index is 11.7. The van der Waals surface area contributed by atoms with Gasteiger partial charge in [-0.15, -0.1) is 0 Å². The first kappa shape index (κ1) is 21.0. The molecule has 0 saturated carbocycles. The van der Waals surface area contributed by atoms with Crippen LogP contribution in [0.25, 0.3) is 0 Å². The third kappa shape index (κ3) is 4.44. The molecule has 0 bridgehead atoms. The van der Waals surface area contributed by atoms with E-state index in [0.29, 0.717) is 28.6 Å². The Kier molecular flexibility index (Phi) is 6.27. The Morgan fingerprint density at radius 1 is 0.774 bits per heavy atom. The van der Waals surface area contributed by atoms with E-state index in [1.165, 1.54) is 0 Å². The van der Waals surface area contributed by atoms with Gasteiger partial charge in [0.25, 0.3) is 5.79 Å². The third-order valence-electron chi connectivity index (χ3n) is 4.85. The van der Waals surface area contributed by atoms with Gasteiger partial charge in [0, 0.05) is 19.8 Å². The second-order valence-corrected chi connectivity index (χ2v) is 6.94. The lowest BCUT2D eigenvalue weighted by Gasteiger charge is -2.41. The summed E-state index contributed by atoms with van der Waals surface area (Å²) in [4.78, 5) is 0. The fraction of sp³-hybridized carbons (Fsp3) is 0.250. The molecular formula is C24H24O7. The van der Waals surface area contributed by atoms with Gasteiger partial charge < -0.3 is 33.5 Å². The molecule has 1 heterocycles. The summed E-state index contributed by atoms with van der Waals surface area (Å²) in [6, 6.07) is 21.5. The van der Waals surface area contributed by atoms with Gasteiger partial charge in [0.1, 0.15) is 11.5 Å². The van der Waals surface area contributed by atoms with Crippen LogP contribution >= 0.6 is 0 Å². The van der Waals surface area contributed by atoms with Crippen molar-refractivity contribution in [3.8, 4) is 23.0 Å². The highest BCUT2D eigenvalue weighted by Crippen LogP contribution is 2.48. The van der Waals surface area contributed by atoms with Gasteiger partial charge in [-0.2, -0.15) is 0 Å². The van der Waals surface area contributed by atoms with E-state index in [1.54, 1.807) is 62.8 Å². The molecule has 4 rings (SSSR count). The quantitative estimate of drug-likeness (QED) is 0.548. The molecule has 2 unspecified atom stereocenters. The maximum absolute atomic E-state index is 11.7. The lowest BCUT2D eigenvalue weighted by atomic mass is 9.93. The molecule has 7 nitrogen and oxygen atoms in total. The minimum atomic E-state index is -1.76. The highest BCUT2D eigenvalue weighted by molar-refractivity contribution is 5.45. The molecule has 7 heteroatoms. The Morgan fingerprint density at radius 3 is 1.90 bits per heavy atom. The van der Waals surface area contributed by atoms with Gasteiger partial charge in [0.15, 0.2) is 31.2 Å². The summed E-state index contributed by atoms with van der Waals surface area (Å²) in [7, 11) is 3.11. The van der Waals surface area contributed by atoms with Crippen LogP contribution in [0, 0.1) is 0 Å². The van der Waals surface area contributed by atoms with E-state index in [2.05, 4.69) is 0 Å². The second kappa shape index (κ2) is 9.26. The smallest absolute Gasteiger partial charge is 0.276 e. The van der Waals surface area contributed by atoms with Crippen molar-refractivity contribution in [3.05, 3.63) is 83.9 Å². The first-order valence-electron chi connectivity index (χ1n) is 9.75. The average Bonchev–Trinajstić information content (AvgIpc) is 2.81. The number of hydrogen-bond donors (Lipinski definition) is 1. The van der Waals surface area contributed by atoms with Gasteiger partial charge in [-0.05, 0) is 54.1 Å². The molecule has 0 spiro atoms. The highest BCUT2D eigenvalue weighted by Gasteiger charge is 2.48. The number of aliphatic hydroxyl groups is 1. The Hall–Kier alpha value is -3.26. The van der Waals surface area contributed by atoms with E-state index in [9.17, 15) is 5.11 Å². The Balaban J connectivity index is 1.68. The first-order chi connectivity index (χ1) is 15.1. The van der Waals surface area contributed by atoms with Crippen molar-refractivity contribution in [2.45, 2.75) is 11.9 Å². The summed E-state index contributed by atoms with van der Waals surface area (Å²) >= 11 is 0. The summed E-state index contributed by atoms with van der Waals surface area (Å²) in [6.45, 7) is 0.286. The predicted octanol–water partition coefficient (Wildman–Crippen LogP) is 4.01.